The molecule has 2 heterocycles. The number of halogens is 1. The van der Waals surface area contributed by atoms with Crippen LogP contribution >= 0.6 is 11.6 Å². The van der Waals surface area contributed by atoms with Gasteiger partial charge in [-0.05, 0) is 6.92 Å². The largest absolute Gasteiger partial charge is 0.481 e. The van der Waals surface area contributed by atoms with Crippen LogP contribution < -0.4 is 0 Å². The molecule has 0 bridgehead atoms. The maximum absolute atomic E-state index is 10.9. The van der Waals surface area contributed by atoms with Crippen LogP contribution in [0.25, 0.3) is 0 Å². The smallest absolute Gasteiger partial charge is 0.309 e. The Balaban J connectivity index is 2.34. The fourth-order valence-corrected chi connectivity index (χ4v) is 2.24. The standard InChI is InChI=1S/C11H15ClN2O4/c1-6-13-7(5-8(15)16)9(10(12)14(6)2)11-17-3-4-18-11/h6,11H,3-5H2,1-2H3,(H,15,16). The van der Waals surface area contributed by atoms with E-state index >= 15 is 0 Å². The van der Waals surface area contributed by atoms with Crippen LogP contribution in [0.4, 0.5) is 0 Å². The third-order valence-electron chi connectivity index (χ3n) is 2.92. The van der Waals surface area contributed by atoms with Crippen molar-refractivity contribution in [3.05, 3.63) is 10.7 Å². The number of hydrogen-bond acceptors (Lipinski definition) is 5. The van der Waals surface area contributed by atoms with Crippen LogP contribution in [-0.2, 0) is 14.3 Å². The molecule has 1 unspecified atom stereocenters. The Morgan fingerprint density at radius 1 is 1.56 bits per heavy atom. The van der Waals surface area contributed by atoms with Gasteiger partial charge in [0.25, 0.3) is 0 Å². The van der Waals surface area contributed by atoms with E-state index in [1.54, 1.807) is 11.9 Å². The highest BCUT2D eigenvalue weighted by atomic mass is 35.5. The number of carbonyl (C=O) groups is 1. The van der Waals surface area contributed by atoms with E-state index in [0.717, 1.165) is 0 Å². The van der Waals surface area contributed by atoms with E-state index in [9.17, 15) is 4.79 Å². The molecule has 0 aromatic rings. The van der Waals surface area contributed by atoms with E-state index in [2.05, 4.69) is 4.99 Å². The van der Waals surface area contributed by atoms with E-state index in [4.69, 9.17) is 26.2 Å². The molecular formula is C11H15ClN2O4. The Kier molecular flexibility index (Phi) is 3.89. The molecule has 0 saturated carbocycles. The molecule has 6 nitrogen and oxygen atoms in total. The molecule has 100 valence electrons. The van der Waals surface area contributed by atoms with Gasteiger partial charge in [0, 0.05) is 7.05 Å². The summed E-state index contributed by atoms with van der Waals surface area (Å²) in [6, 6.07) is 0. The molecule has 1 saturated heterocycles. The summed E-state index contributed by atoms with van der Waals surface area (Å²) in [6.07, 6.45) is -1.00. The monoisotopic (exact) mass is 274 g/mol. The highest BCUT2D eigenvalue weighted by molar-refractivity contribution is 6.32. The molecule has 18 heavy (non-hydrogen) atoms. The van der Waals surface area contributed by atoms with Crippen LogP contribution in [-0.4, -0.2) is 54.4 Å². The number of ether oxygens (including phenoxy) is 2. The normalized spacial score (nSPS) is 25.6. The molecular weight excluding hydrogens is 260 g/mol. The first-order valence-electron chi connectivity index (χ1n) is 5.65. The van der Waals surface area contributed by atoms with E-state index < -0.39 is 12.3 Å². The Bertz CT molecular complexity index is 415. The van der Waals surface area contributed by atoms with Gasteiger partial charge in [0.1, 0.15) is 11.3 Å². The van der Waals surface area contributed by atoms with Gasteiger partial charge >= 0.3 is 5.97 Å². The first-order chi connectivity index (χ1) is 8.50. The zero-order chi connectivity index (χ0) is 13.3. The molecule has 1 N–H and O–H groups in total. The number of carboxylic acids is 1. The molecule has 0 spiro atoms. The van der Waals surface area contributed by atoms with E-state index in [1.165, 1.54) is 0 Å². The van der Waals surface area contributed by atoms with Gasteiger partial charge in [-0.15, -0.1) is 0 Å². The second-order valence-corrected chi connectivity index (χ2v) is 4.53. The highest BCUT2D eigenvalue weighted by Gasteiger charge is 2.33. The predicted octanol–water partition coefficient (Wildman–Crippen LogP) is 1.02. The van der Waals surface area contributed by atoms with Crippen LogP contribution in [0, 0.1) is 0 Å². The number of aliphatic carboxylic acids is 1. The van der Waals surface area contributed by atoms with Gasteiger partial charge in [-0.25, -0.2) is 0 Å². The van der Waals surface area contributed by atoms with Gasteiger partial charge in [-0.2, -0.15) is 0 Å². The predicted molar refractivity (Wildman–Crippen MR) is 65.5 cm³/mol. The Labute approximate surface area is 110 Å². The van der Waals surface area contributed by atoms with Crippen LogP contribution in [0.1, 0.15) is 13.3 Å². The molecule has 0 aromatic carbocycles. The summed E-state index contributed by atoms with van der Waals surface area (Å²) in [4.78, 5) is 17.0. The van der Waals surface area contributed by atoms with E-state index in [1.807, 2.05) is 6.92 Å². The summed E-state index contributed by atoms with van der Waals surface area (Å²) in [7, 11) is 1.79. The SMILES string of the molecule is CC1N=C(CC(=O)O)C(C2OCCO2)=C(Cl)N1C. The number of nitrogens with zero attached hydrogens (tertiary/aromatic N) is 2. The Morgan fingerprint density at radius 3 is 2.72 bits per heavy atom. The van der Waals surface area contributed by atoms with Crippen molar-refractivity contribution in [2.75, 3.05) is 20.3 Å². The molecule has 0 amide bonds. The summed E-state index contributed by atoms with van der Waals surface area (Å²) < 4.78 is 10.8. The Morgan fingerprint density at radius 2 is 2.17 bits per heavy atom. The van der Waals surface area contributed by atoms with Gasteiger partial charge in [0.05, 0.1) is 30.9 Å². The molecule has 1 fully saturated rings. The van der Waals surface area contributed by atoms with Crippen molar-refractivity contribution in [2.45, 2.75) is 25.8 Å². The van der Waals surface area contributed by atoms with Crippen molar-refractivity contribution in [3.63, 3.8) is 0 Å². The third kappa shape index (κ3) is 2.50. The molecule has 0 radical (unpaired) electrons. The summed E-state index contributed by atoms with van der Waals surface area (Å²) in [5, 5.41) is 9.35. The minimum Gasteiger partial charge on any atom is -0.481 e. The maximum atomic E-state index is 10.9. The van der Waals surface area contributed by atoms with Gasteiger partial charge in [0.2, 0.25) is 0 Å². The molecule has 0 aliphatic carbocycles. The molecule has 2 aliphatic heterocycles. The first kappa shape index (κ1) is 13.3. The minimum atomic E-state index is -0.953. The lowest BCUT2D eigenvalue weighted by Crippen LogP contribution is -2.36. The van der Waals surface area contributed by atoms with E-state index in [-0.39, 0.29) is 12.6 Å². The second kappa shape index (κ2) is 5.26. The van der Waals surface area contributed by atoms with Crippen molar-refractivity contribution in [1.82, 2.24) is 4.90 Å². The minimum absolute atomic E-state index is 0.188. The van der Waals surface area contributed by atoms with Gasteiger partial charge in [-0.3, -0.25) is 9.79 Å². The zero-order valence-corrected chi connectivity index (χ0v) is 11.0. The Hall–Kier alpha value is -1.11. The fraction of sp³-hybridized carbons (Fsp3) is 0.636. The lowest BCUT2D eigenvalue weighted by atomic mass is 10.1. The van der Waals surface area contributed by atoms with Crippen LogP contribution in [0.5, 0.6) is 0 Å². The summed E-state index contributed by atoms with van der Waals surface area (Å²) in [5.41, 5.74) is 0.946. The summed E-state index contributed by atoms with van der Waals surface area (Å²) in [6.45, 7) is 2.79. The van der Waals surface area contributed by atoms with Crippen molar-refractivity contribution >= 4 is 23.3 Å². The van der Waals surface area contributed by atoms with Gasteiger partial charge in [-0.1, -0.05) is 11.6 Å². The van der Waals surface area contributed by atoms with Crippen molar-refractivity contribution in [3.8, 4) is 0 Å². The molecule has 0 aromatic heterocycles. The number of aliphatic imine (C=N–C) groups is 1. The molecule has 7 heteroatoms. The van der Waals surface area contributed by atoms with Crippen LogP contribution in [0.15, 0.2) is 15.7 Å². The lowest BCUT2D eigenvalue weighted by molar-refractivity contribution is -0.135. The van der Waals surface area contributed by atoms with Crippen molar-refractivity contribution < 1.29 is 19.4 Å². The summed E-state index contributed by atoms with van der Waals surface area (Å²) in [5.74, 6) is -0.953. The van der Waals surface area contributed by atoms with Crippen molar-refractivity contribution in [1.29, 1.82) is 0 Å². The van der Waals surface area contributed by atoms with E-state index in [0.29, 0.717) is 29.7 Å². The number of carboxylic acid groups (broad SMARTS) is 1. The fourth-order valence-electron chi connectivity index (χ4n) is 1.90. The highest BCUT2D eigenvalue weighted by Crippen LogP contribution is 2.30. The first-order valence-corrected chi connectivity index (χ1v) is 6.03. The average Bonchev–Trinajstić information content (AvgIpc) is 2.79. The van der Waals surface area contributed by atoms with Crippen molar-refractivity contribution in [2.24, 2.45) is 4.99 Å². The average molecular weight is 275 g/mol. The summed E-state index contributed by atoms with van der Waals surface area (Å²) >= 11 is 6.26. The number of rotatable bonds is 3. The van der Waals surface area contributed by atoms with Crippen LogP contribution in [0.2, 0.25) is 0 Å². The third-order valence-corrected chi connectivity index (χ3v) is 3.39. The number of hydrogen-bond donors (Lipinski definition) is 1. The quantitative estimate of drug-likeness (QED) is 0.778. The maximum Gasteiger partial charge on any atom is 0.309 e. The zero-order valence-electron chi connectivity index (χ0n) is 10.2. The topological polar surface area (TPSA) is 71.4 Å². The second-order valence-electron chi connectivity index (χ2n) is 4.17. The molecule has 2 aliphatic rings. The molecule has 2 rings (SSSR count). The van der Waals surface area contributed by atoms with Crippen LogP contribution in [0.3, 0.4) is 0 Å². The van der Waals surface area contributed by atoms with Gasteiger partial charge in [0.15, 0.2) is 6.29 Å². The lowest BCUT2D eigenvalue weighted by Gasteiger charge is -2.32. The van der Waals surface area contributed by atoms with Gasteiger partial charge < -0.3 is 19.5 Å². The molecule has 1 atom stereocenters.